The summed E-state index contributed by atoms with van der Waals surface area (Å²) in [6.45, 7) is 0.710. The van der Waals surface area contributed by atoms with Gasteiger partial charge in [0.15, 0.2) is 0 Å². The predicted octanol–water partition coefficient (Wildman–Crippen LogP) is 4.68. The maximum atomic E-state index is 12.5. The summed E-state index contributed by atoms with van der Waals surface area (Å²) < 4.78 is 37.6. The molecule has 3 aromatic carbocycles. The summed E-state index contributed by atoms with van der Waals surface area (Å²) in [7, 11) is 0. The number of nitrogens with one attached hydrogen (secondary N) is 1. The van der Waals surface area contributed by atoms with Crippen LogP contribution >= 0.6 is 0 Å². The molecule has 0 spiro atoms. The molecule has 0 amide bonds. The van der Waals surface area contributed by atoms with E-state index in [1.807, 2.05) is 42.5 Å². The van der Waals surface area contributed by atoms with Crippen LogP contribution in [-0.2, 0) is 12.7 Å². The minimum absolute atomic E-state index is 0.319. The third-order valence-corrected chi connectivity index (χ3v) is 4.11. The first kappa shape index (κ1) is 17.5. The number of rotatable bonds is 5. The summed E-state index contributed by atoms with van der Waals surface area (Å²) in [6.07, 6.45) is -5.00. The molecule has 2 N–H and O–H groups in total. The van der Waals surface area contributed by atoms with Crippen LogP contribution in [0.5, 0.6) is 0 Å². The minimum atomic E-state index is -4.32. The van der Waals surface area contributed by atoms with Gasteiger partial charge in [-0.05, 0) is 40.1 Å². The lowest BCUT2D eigenvalue weighted by atomic mass is 10.0. The second-order valence-electron chi connectivity index (χ2n) is 5.95. The molecule has 0 aliphatic rings. The second-order valence-corrected chi connectivity index (χ2v) is 5.95. The van der Waals surface area contributed by atoms with E-state index >= 15 is 0 Å². The van der Waals surface area contributed by atoms with E-state index in [2.05, 4.69) is 5.32 Å². The van der Waals surface area contributed by atoms with Gasteiger partial charge in [0.05, 0.1) is 11.7 Å². The molecule has 3 rings (SSSR count). The first-order valence-electron chi connectivity index (χ1n) is 7.97. The quantitative estimate of drug-likeness (QED) is 0.704. The standard InChI is InChI=1S/C20H18F3NO/c21-20(22,23)18-9-5-14(6-10-18)12-24-13-19(25)17-8-7-15-3-1-2-4-16(15)11-17/h1-11,19,24-25H,12-13H2. The van der Waals surface area contributed by atoms with Crippen molar-refractivity contribution in [2.24, 2.45) is 0 Å². The molecule has 130 valence electrons. The lowest BCUT2D eigenvalue weighted by Gasteiger charge is -2.13. The molecule has 0 aromatic heterocycles. The van der Waals surface area contributed by atoms with Crippen LogP contribution in [0.1, 0.15) is 22.8 Å². The molecule has 0 saturated carbocycles. The molecule has 3 aromatic rings. The van der Waals surface area contributed by atoms with Crippen LogP contribution < -0.4 is 5.32 Å². The Hall–Kier alpha value is -2.37. The molecule has 25 heavy (non-hydrogen) atoms. The molecule has 0 aliphatic carbocycles. The van der Waals surface area contributed by atoms with E-state index in [1.54, 1.807) is 0 Å². The summed E-state index contributed by atoms with van der Waals surface area (Å²) in [4.78, 5) is 0. The Kier molecular flexibility index (Phi) is 5.06. The zero-order valence-electron chi connectivity index (χ0n) is 13.4. The molecule has 0 heterocycles. The van der Waals surface area contributed by atoms with E-state index in [0.29, 0.717) is 13.1 Å². The Balaban J connectivity index is 1.57. The van der Waals surface area contributed by atoms with Crippen molar-refractivity contribution in [3.05, 3.63) is 83.4 Å². The summed E-state index contributed by atoms with van der Waals surface area (Å²) in [5.74, 6) is 0. The van der Waals surface area contributed by atoms with Gasteiger partial charge in [0, 0.05) is 13.1 Å². The lowest BCUT2D eigenvalue weighted by Crippen LogP contribution is -2.21. The molecular weight excluding hydrogens is 327 g/mol. The fourth-order valence-corrected chi connectivity index (χ4v) is 2.70. The number of aliphatic hydroxyl groups is 1. The van der Waals surface area contributed by atoms with E-state index < -0.39 is 17.8 Å². The van der Waals surface area contributed by atoms with Crippen molar-refractivity contribution >= 4 is 10.8 Å². The predicted molar refractivity (Wildman–Crippen MR) is 92.1 cm³/mol. The summed E-state index contributed by atoms with van der Waals surface area (Å²) >= 11 is 0. The maximum absolute atomic E-state index is 12.5. The number of alkyl halides is 3. The van der Waals surface area contributed by atoms with E-state index in [0.717, 1.165) is 34.0 Å². The zero-order valence-corrected chi connectivity index (χ0v) is 13.4. The van der Waals surface area contributed by atoms with Gasteiger partial charge in [-0.25, -0.2) is 0 Å². The highest BCUT2D eigenvalue weighted by Crippen LogP contribution is 2.29. The number of hydrogen-bond acceptors (Lipinski definition) is 2. The zero-order chi connectivity index (χ0) is 17.9. The van der Waals surface area contributed by atoms with Gasteiger partial charge in [0.1, 0.15) is 0 Å². The van der Waals surface area contributed by atoms with Crippen molar-refractivity contribution in [2.45, 2.75) is 18.8 Å². The van der Waals surface area contributed by atoms with Gasteiger partial charge in [-0.15, -0.1) is 0 Å². The highest BCUT2D eigenvalue weighted by molar-refractivity contribution is 5.83. The lowest BCUT2D eigenvalue weighted by molar-refractivity contribution is -0.137. The molecule has 1 unspecified atom stereocenters. The average Bonchev–Trinajstić information content (AvgIpc) is 2.61. The van der Waals surface area contributed by atoms with Crippen molar-refractivity contribution in [2.75, 3.05) is 6.54 Å². The van der Waals surface area contributed by atoms with Gasteiger partial charge in [0.25, 0.3) is 0 Å². The number of fused-ring (bicyclic) bond motifs is 1. The SMILES string of the molecule is OC(CNCc1ccc(C(F)(F)F)cc1)c1ccc2ccccc2c1. The first-order valence-corrected chi connectivity index (χ1v) is 7.97. The highest BCUT2D eigenvalue weighted by Gasteiger charge is 2.29. The van der Waals surface area contributed by atoms with Gasteiger partial charge in [-0.3, -0.25) is 0 Å². The molecular formula is C20H18F3NO. The topological polar surface area (TPSA) is 32.3 Å². The van der Waals surface area contributed by atoms with Gasteiger partial charge in [0.2, 0.25) is 0 Å². The smallest absolute Gasteiger partial charge is 0.387 e. The fourth-order valence-electron chi connectivity index (χ4n) is 2.70. The summed E-state index contributed by atoms with van der Waals surface area (Å²) in [5, 5.41) is 15.5. The Bertz CT molecular complexity index is 843. The van der Waals surface area contributed by atoms with E-state index in [-0.39, 0.29) is 0 Å². The van der Waals surface area contributed by atoms with E-state index in [1.165, 1.54) is 12.1 Å². The van der Waals surface area contributed by atoms with Crippen molar-refractivity contribution < 1.29 is 18.3 Å². The largest absolute Gasteiger partial charge is 0.416 e. The number of hydrogen-bond donors (Lipinski definition) is 2. The van der Waals surface area contributed by atoms with Crippen LogP contribution in [0.25, 0.3) is 10.8 Å². The van der Waals surface area contributed by atoms with E-state index in [4.69, 9.17) is 0 Å². The Morgan fingerprint density at radius 2 is 1.56 bits per heavy atom. The Morgan fingerprint density at radius 3 is 2.24 bits per heavy atom. The number of aliphatic hydroxyl groups excluding tert-OH is 1. The monoisotopic (exact) mass is 345 g/mol. The van der Waals surface area contributed by atoms with Crippen LogP contribution in [0.4, 0.5) is 13.2 Å². The number of halogens is 3. The highest BCUT2D eigenvalue weighted by atomic mass is 19.4. The third-order valence-electron chi connectivity index (χ3n) is 4.11. The van der Waals surface area contributed by atoms with Crippen molar-refractivity contribution in [3.63, 3.8) is 0 Å². The molecule has 5 heteroatoms. The van der Waals surface area contributed by atoms with E-state index in [9.17, 15) is 18.3 Å². The van der Waals surface area contributed by atoms with Gasteiger partial charge >= 0.3 is 6.18 Å². The van der Waals surface area contributed by atoms with Crippen LogP contribution in [0.2, 0.25) is 0 Å². The fraction of sp³-hybridized carbons (Fsp3) is 0.200. The second kappa shape index (κ2) is 7.25. The molecule has 1 atom stereocenters. The van der Waals surface area contributed by atoms with Crippen molar-refractivity contribution in [1.82, 2.24) is 5.32 Å². The third kappa shape index (κ3) is 4.38. The molecule has 2 nitrogen and oxygen atoms in total. The maximum Gasteiger partial charge on any atom is 0.416 e. The molecule has 0 radical (unpaired) electrons. The van der Waals surface area contributed by atoms with Crippen LogP contribution in [-0.4, -0.2) is 11.7 Å². The molecule has 0 saturated heterocycles. The summed E-state index contributed by atoms with van der Waals surface area (Å²) in [5.41, 5.74) is 0.879. The Labute approximate surface area is 143 Å². The molecule has 0 bridgehead atoms. The Morgan fingerprint density at radius 1 is 0.880 bits per heavy atom. The first-order chi connectivity index (χ1) is 11.9. The van der Waals surface area contributed by atoms with Crippen LogP contribution in [0.3, 0.4) is 0 Å². The van der Waals surface area contributed by atoms with Crippen molar-refractivity contribution in [3.8, 4) is 0 Å². The van der Waals surface area contributed by atoms with Crippen molar-refractivity contribution in [1.29, 1.82) is 0 Å². The molecule has 0 fully saturated rings. The average molecular weight is 345 g/mol. The number of benzene rings is 3. The summed E-state index contributed by atoms with van der Waals surface area (Å²) in [6, 6.07) is 18.7. The van der Waals surface area contributed by atoms with Crippen LogP contribution in [0.15, 0.2) is 66.7 Å². The van der Waals surface area contributed by atoms with Gasteiger partial charge in [-0.1, -0.05) is 48.5 Å². The normalized spacial score (nSPS) is 13.1. The molecule has 0 aliphatic heterocycles. The van der Waals surface area contributed by atoms with Crippen LogP contribution in [0, 0.1) is 0 Å². The minimum Gasteiger partial charge on any atom is -0.387 e. The van der Waals surface area contributed by atoms with Gasteiger partial charge in [-0.2, -0.15) is 13.2 Å². The van der Waals surface area contributed by atoms with Gasteiger partial charge < -0.3 is 10.4 Å².